The number of halogens is 1. The molecule has 5 nitrogen and oxygen atoms in total. The van der Waals surface area contributed by atoms with Crippen LogP contribution < -0.4 is 5.32 Å². The molecule has 1 unspecified atom stereocenters. The van der Waals surface area contributed by atoms with E-state index < -0.39 is 6.04 Å². The molecule has 1 heterocycles. The molecule has 3 aromatic carbocycles. The molecule has 1 amide bonds. The molecule has 4 aromatic rings. The van der Waals surface area contributed by atoms with Gasteiger partial charge in [0, 0.05) is 16.1 Å². The molecule has 1 aromatic heterocycles. The summed E-state index contributed by atoms with van der Waals surface area (Å²) in [5.74, 6) is 0.421. The highest BCUT2D eigenvalue weighted by Gasteiger charge is 2.24. The van der Waals surface area contributed by atoms with Crippen molar-refractivity contribution in [1.29, 1.82) is 0 Å². The molecule has 0 aliphatic rings. The maximum atomic E-state index is 12.8. The first kappa shape index (κ1) is 17.9. The van der Waals surface area contributed by atoms with Crippen LogP contribution in [0.15, 0.2) is 89.3 Å². The number of hydrogen-bond donors (Lipinski definition) is 1. The Morgan fingerprint density at radius 1 is 0.893 bits per heavy atom. The van der Waals surface area contributed by atoms with Gasteiger partial charge in [-0.25, -0.2) is 0 Å². The van der Waals surface area contributed by atoms with E-state index in [-0.39, 0.29) is 5.91 Å². The molecule has 1 N–H and O–H groups in total. The van der Waals surface area contributed by atoms with Gasteiger partial charge in [0.2, 0.25) is 11.8 Å². The lowest BCUT2D eigenvalue weighted by Crippen LogP contribution is -2.29. The van der Waals surface area contributed by atoms with E-state index in [9.17, 15) is 4.79 Å². The lowest BCUT2D eigenvalue weighted by atomic mass is 10.1. The predicted octanol–water partition coefficient (Wildman–Crippen LogP) is 4.91. The van der Waals surface area contributed by atoms with Gasteiger partial charge in [-0.05, 0) is 35.9 Å². The molecule has 6 heteroatoms. The minimum absolute atomic E-state index is 0.282. The van der Waals surface area contributed by atoms with Crippen molar-refractivity contribution in [2.24, 2.45) is 0 Å². The fourth-order valence-electron chi connectivity index (χ4n) is 2.83. The molecule has 28 heavy (non-hydrogen) atoms. The lowest BCUT2D eigenvalue weighted by molar-refractivity contribution is 0.0938. The second-order valence-corrected chi connectivity index (χ2v) is 6.58. The third kappa shape index (κ3) is 3.94. The van der Waals surface area contributed by atoms with Crippen LogP contribution in [0.3, 0.4) is 0 Å². The van der Waals surface area contributed by atoms with Crippen molar-refractivity contribution in [3.8, 4) is 11.5 Å². The van der Waals surface area contributed by atoms with Crippen molar-refractivity contribution in [3.63, 3.8) is 0 Å². The fraction of sp³-hybridized carbons (Fsp3) is 0.0455. The number of amides is 1. The number of rotatable bonds is 5. The third-order valence-corrected chi connectivity index (χ3v) is 4.44. The first-order valence-corrected chi connectivity index (χ1v) is 9.09. The third-order valence-electron chi connectivity index (χ3n) is 4.20. The smallest absolute Gasteiger partial charge is 0.252 e. The number of nitrogens with one attached hydrogen (secondary N) is 1. The first-order chi connectivity index (χ1) is 13.7. The highest BCUT2D eigenvalue weighted by atomic mass is 35.5. The maximum Gasteiger partial charge on any atom is 0.252 e. The van der Waals surface area contributed by atoms with Crippen LogP contribution >= 0.6 is 11.6 Å². The standard InChI is InChI=1S/C22H16ClN3O2/c23-18-13-7-12-17(14-18)20(27)24-19(15-8-3-1-4-9-15)22-26-25-21(28-22)16-10-5-2-6-11-16/h1-14,19H,(H,24,27). The number of aromatic nitrogens is 2. The number of carbonyl (C=O) groups is 1. The average Bonchev–Trinajstić information content (AvgIpc) is 3.23. The van der Waals surface area contributed by atoms with E-state index >= 15 is 0 Å². The molecule has 0 bridgehead atoms. The highest BCUT2D eigenvalue weighted by Crippen LogP contribution is 2.25. The van der Waals surface area contributed by atoms with Crippen molar-refractivity contribution in [2.45, 2.75) is 6.04 Å². The van der Waals surface area contributed by atoms with Crippen molar-refractivity contribution in [1.82, 2.24) is 15.5 Å². The van der Waals surface area contributed by atoms with Gasteiger partial charge in [0.05, 0.1) is 0 Å². The molecule has 4 rings (SSSR count). The van der Waals surface area contributed by atoms with Crippen molar-refractivity contribution >= 4 is 17.5 Å². The monoisotopic (exact) mass is 389 g/mol. The Morgan fingerprint density at radius 2 is 1.61 bits per heavy atom. The second-order valence-electron chi connectivity index (χ2n) is 6.14. The Hall–Kier alpha value is -3.44. The zero-order valence-corrected chi connectivity index (χ0v) is 15.5. The van der Waals surface area contributed by atoms with Gasteiger partial charge in [-0.3, -0.25) is 4.79 Å². The highest BCUT2D eigenvalue weighted by molar-refractivity contribution is 6.30. The van der Waals surface area contributed by atoms with E-state index in [1.165, 1.54) is 0 Å². The Bertz CT molecular complexity index is 1080. The van der Waals surface area contributed by atoms with Crippen LogP contribution in [0.5, 0.6) is 0 Å². The quantitative estimate of drug-likeness (QED) is 0.526. The molecule has 0 saturated heterocycles. The summed E-state index contributed by atoms with van der Waals surface area (Å²) in [6.07, 6.45) is 0. The number of hydrogen-bond acceptors (Lipinski definition) is 4. The van der Waals surface area contributed by atoms with Gasteiger partial charge >= 0.3 is 0 Å². The SMILES string of the molecule is O=C(NC(c1ccccc1)c1nnc(-c2ccccc2)o1)c1cccc(Cl)c1. The second kappa shape index (κ2) is 8.06. The summed E-state index contributed by atoms with van der Waals surface area (Å²) in [5, 5.41) is 11.8. The summed E-state index contributed by atoms with van der Waals surface area (Å²) in [6, 6.07) is 25.2. The number of benzene rings is 3. The van der Waals surface area contributed by atoms with Crippen molar-refractivity contribution in [3.05, 3.63) is 107 Å². The van der Waals surface area contributed by atoms with Crippen LogP contribution in [-0.2, 0) is 0 Å². The Balaban J connectivity index is 1.67. The van der Waals surface area contributed by atoms with Crippen LogP contribution in [0.4, 0.5) is 0 Å². The molecule has 0 radical (unpaired) electrons. The van der Waals surface area contributed by atoms with Gasteiger partial charge in [0.25, 0.3) is 5.91 Å². The molecule has 0 fully saturated rings. The molecule has 0 spiro atoms. The van der Waals surface area contributed by atoms with Gasteiger partial charge in [0.1, 0.15) is 6.04 Å². The van der Waals surface area contributed by atoms with Crippen molar-refractivity contribution in [2.75, 3.05) is 0 Å². The van der Waals surface area contributed by atoms with Gasteiger partial charge in [-0.2, -0.15) is 0 Å². The van der Waals surface area contributed by atoms with Crippen LogP contribution in [0.1, 0.15) is 27.9 Å². The van der Waals surface area contributed by atoms with Crippen LogP contribution in [-0.4, -0.2) is 16.1 Å². The number of carbonyl (C=O) groups excluding carboxylic acids is 1. The van der Waals surface area contributed by atoms with E-state index in [0.717, 1.165) is 11.1 Å². The summed E-state index contributed by atoms with van der Waals surface area (Å²) in [7, 11) is 0. The van der Waals surface area contributed by atoms with Crippen LogP contribution in [0.2, 0.25) is 5.02 Å². The Labute approximate surface area is 167 Å². The van der Waals surface area contributed by atoms with Crippen molar-refractivity contribution < 1.29 is 9.21 Å². The summed E-state index contributed by atoms with van der Waals surface area (Å²) >= 11 is 6.01. The van der Waals surface area contributed by atoms with E-state index in [2.05, 4.69) is 15.5 Å². The molecular formula is C22H16ClN3O2. The fourth-order valence-corrected chi connectivity index (χ4v) is 3.02. The molecule has 0 aliphatic carbocycles. The summed E-state index contributed by atoms with van der Waals surface area (Å²) in [4.78, 5) is 12.8. The molecular weight excluding hydrogens is 374 g/mol. The molecule has 0 saturated carbocycles. The molecule has 1 atom stereocenters. The topological polar surface area (TPSA) is 68.0 Å². The van der Waals surface area contributed by atoms with E-state index in [0.29, 0.717) is 22.4 Å². The van der Waals surface area contributed by atoms with Gasteiger partial charge < -0.3 is 9.73 Å². The van der Waals surface area contributed by atoms with E-state index in [4.69, 9.17) is 16.0 Å². The van der Waals surface area contributed by atoms with Crippen LogP contribution in [0, 0.1) is 0 Å². The van der Waals surface area contributed by atoms with E-state index in [1.54, 1.807) is 24.3 Å². The zero-order chi connectivity index (χ0) is 19.3. The van der Waals surface area contributed by atoms with Gasteiger partial charge in [0.15, 0.2) is 0 Å². The Kier molecular flexibility index (Phi) is 5.17. The van der Waals surface area contributed by atoms with Gasteiger partial charge in [-0.1, -0.05) is 66.2 Å². The predicted molar refractivity (Wildman–Crippen MR) is 107 cm³/mol. The minimum atomic E-state index is -0.586. The minimum Gasteiger partial charge on any atom is -0.418 e. The summed E-state index contributed by atoms with van der Waals surface area (Å²) in [6.45, 7) is 0. The van der Waals surface area contributed by atoms with Crippen LogP contribution in [0.25, 0.3) is 11.5 Å². The molecule has 0 aliphatic heterocycles. The normalized spacial score (nSPS) is 11.8. The van der Waals surface area contributed by atoms with Gasteiger partial charge in [-0.15, -0.1) is 10.2 Å². The lowest BCUT2D eigenvalue weighted by Gasteiger charge is -2.16. The Morgan fingerprint density at radius 3 is 2.32 bits per heavy atom. The van der Waals surface area contributed by atoms with E-state index in [1.807, 2.05) is 60.7 Å². The number of nitrogens with zero attached hydrogens (tertiary/aromatic N) is 2. The first-order valence-electron chi connectivity index (χ1n) is 8.71. The average molecular weight is 390 g/mol. The zero-order valence-electron chi connectivity index (χ0n) is 14.7. The largest absolute Gasteiger partial charge is 0.418 e. The molecule has 138 valence electrons. The summed E-state index contributed by atoms with van der Waals surface area (Å²) < 4.78 is 5.88. The summed E-state index contributed by atoms with van der Waals surface area (Å²) in [5.41, 5.74) is 2.10. The maximum absolute atomic E-state index is 12.8.